The molecule has 0 saturated carbocycles. The van der Waals surface area contributed by atoms with Gasteiger partial charge in [-0.15, -0.1) is 0 Å². The van der Waals surface area contributed by atoms with Gasteiger partial charge in [0.2, 0.25) is 0 Å². The zero-order valence-corrected chi connectivity index (χ0v) is 14.7. The Morgan fingerprint density at radius 3 is 2.62 bits per heavy atom. The van der Waals surface area contributed by atoms with Crippen molar-refractivity contribution < 1.29 is 14.3 Å². The van der Waals surface area contributed by atoms with Gasteiger partial charge in [-0.05, 0) is 56.4 Å². The Balaban J connectivity index is 2.15. The van der Waals surface area contributed by atoms with E-state index in [9.17, 15) is 9.59 Å². The van der Waals surface area contributed by atoms with Gasteiger partial charge in [-0.25, -0.2) is 4.79 Å². The molecule has 0 N–H and O–H groups in total. The summed E-state index contributed by atoms with van der Waals surface area (Å²) >= 11 is 0. The van der Waals surface area contributed by atoms with E-state index >= 15 is 0 Å². The van der Waals surface area contributed by atoms with E-state index in [1.165, 1.54) is 0 Å². The van der Waals surface area contributed by atoms with Gasteiger partial charge in [0.25, 0.3) is 0 Å². The zero-order valence-electron chi connectivity index (χ0n) is 14.7. The molecule has 0 aromatic heterocycles. The first kappa shape index (κ1) is 18.2. The van der Waals surface area contributed by atoms with Crippen LogP contribution in [0.1, 0.15) is 50.4 Å². The van der Waals surface area contributed by atoms with E-state index in [2.05, 4.69) is 13.8 Å². The molecule has 3 nitrogen and oxygen atoms in total. The van der Waals surface area contributed by atoms with Crippen molar-refractivity contribution in [1.82, 2.24) is 0 Å². The topological polar surface area (TPSA) is 43.4 Å². The highest BCUT2D eigenvalue weighted by Gasteiger charge is 2.30. The number of esters is 1. The molecule has 1 aliphatic carbocycles. The SMILES string of the molecule is CC1=CC(=O)C(C(/C=C/CC(C)C)OC(=O)c2ccccc2)CC1. The van der Waals surface area contributed by atoms with Gasteiger partial charge in [0, 0.05) is 0 Å². The van der Waals surface area contributed by atoms with Crippen molar-refractivity contribution in [3.05, 3.63) is 59.7 Å². The van der Waals surface area contributed by atoms with Gasteiger partial charge < -0.3 is 4.74 Å². The van der Waals surface area contributed by atoms with E-state index in [-0.39, 0.29) is 17.7 Å². The van der Waals surface area contributed by atoms with E-state index in [0.717, 1.165) is 24.8 Å². The molecule has 2 rings (SSSR count). The maximum absolute atomic E-state index is 12.4. The maximum atomic E-state index is 12.4. The number of hydrogen-bond donors (Lipinski definition) is 0. The number of carbonyl (C=O) groups is 2. The molecule has 1 aromatic rings. The fraction of sp³-hybridized carbons (Fsp3) is 0.429. The average Bonchev–Trinajstić information content (AvgIpc) is 2.54. The second-order valence-electron chi connectivity index (χ2n) is 6.83. The number of ketones is 1. The molecule has 0 fully saturated rings. The summed E-state index contributed by atoms with van der Waals surface area (Å²) < 4.78 is 5.69. The summed E-state index contributed by atoms with van der Waals surface area (Å²) in [5, 5.41) is 0. The lowest BCUT2D eigenvalue weighted by Gasteiger charge is -2.26. The molecule has 0 spiro atoms. The molecule has 24 heavy (non-hydrogen) atoms. The molecule has 0 saturated heterocycles. The average molecular weight is 326 g/mol. The van der Waals surface area contributed by atoms with Crippen LogP contribution in [0.3, 0.4) is 0 Å². The lowest BCUT2D eigenvalue weighted by molar-refractivity contribution is -0.121. The van der Waals surface area contributed by atoms with Crippen LogP contribution in [0.25, 0.3) is 0 Å². The highest BCUT2D eigenvalue weighted by atomic mass is 16.5. The molecule has 3 heteroatoms. The summed E-state index contributed by atoms with van der Waals surface area (Å²) in [4.78, 5) is 24.7. The monoisotopic (exact) mass is 326 g/mol. The molecule has 2 unspecified atom stereocenters. The van der Waals surface area contributed by atoms with Gasteiger partial charge in [0.05, 0.1) is 11.5 Å². The Kier molecular flexibility index (Phi) is 6.53. The second-order valence-corrected chi connectivity index (χ2v) is 6.83. The first-order valence-corrected chi connectivity index (χ1v) is 8.61. The summed E-state index contributed by atoms with van der Waals surface area (Å²) in [6, 6.07) is 8.92. The van der Waals surface area contributed by atoms with Gasteiger partial charge >= 0.3 is 5.97 Å². The molecule has 0 amide bonds. The minimum absolute atomic E-state index is 0.0545. The highest BCUT2D eigenvalue weighted by Crippen LogP contribution is 2.26. The molecule has 0 bridgehead atoms. The fourth-order valence-corrected chi connectivity index (χ4v) is 2.78. The van der Waals surface area contributed by atoms with Crippen molar-refractivity contribution in [3.8, 4) is 0 Å². The maximum Gasteiger partial charge on any atom is 0.338 e. The number of ether oxygens (including phenoxy) is 1. The molecule has 0 aliphatic heterocycles. The first-order chi connectivity index (χ1) is 11.5. The Bertz CT molecular complexity index is 626. The molecular weight excluding hydrogens is 300 g/mol. The molecule has 0 heterocycles. The Morgan fingerprint density at radius 2 is 2.00 bits per heavy atom. The van der Waals surface area contributed by atoms with E-state index in [0.29, 0.717) is 11.5 Å². The summed E-state index contributed by atoms with van der Waals surface area (Å²) in [5.41, 5.74) is 1.60. The largest absolute Gasteiger partial charge is 0.454 e. The van der Waals surface area contributed by atoms with Crippen LogP contribution in [0.5, 0.6) is 0 Å². The van der Waals surface area contributed by atoms with Crippen LogP contribution in [0.15, 0.2) is 54.1 Å². The number of rotatable bonds is 6. The first-order valence-electron chi connectivity index (χ1n) is 8.61. The third-order valence-electron chi connectivity index (χ3n) is 4.19. The van der Waals surface area contributed by atoms with Gasteiger partial charge in [-0.3, -0.25) is 4.79 Å². The molecule has 0 radical (unpaired) electrons. The van der Waals surface area contributed by atoms with E-state index in [1.807, 2.05) is 25.1 Å². The van der Waals surface area contributed by atoms with E-state index in [4.69, 9.17) is 4.74 Å². The Hall–Kier alpha value is -2.16. The van der Waals surface area contributed by atoms with Crippen LogP contribution < -0.4 is 0 Å². The second kappa shape index (κ2) is 8.62. The van der Waals surface area contributed by atoms with Crippen LogP contribution in [0.4, 0.5) is 0 Å². The minimum atomic E-state index is -0.506. The lowest BCUT2D eigenvalue weighted by atomic mass is 9.84. The summed E-state index contributed by atoms with van der Waals surface area (Å²) in [7, 11) is 0. The van der Waals surface area contributed by atoms with E-state index in [1.54, 1.807) is 30.3 Å². The predicted octanol–water partition coefficient (Wildman–Crippen LogP) is 4.74. The van der Waals surface area contributed by atoms with Gasteiger partial charge in [0.1, 0.15) is 6.10 Å². The number of carbonyl (C=O) groups excluding carboxylic acids is 2. The zero-order chi connectivity index (χ0) is 17.5. The quantitative estimate of drug-likeness (QED) is 0.560. The van der Waals surface area contributed by atoms with Crippen molar-refractivity contribution in [2.75, 3.05) is 0 Å². The number of benzene rings is 1. The highest BCUT2D eigenvalue weighted by molar-refractivity contribution is 5.94. The minimum Gasteiger partial charge on any atom is -0.454 e. The van der Waals surface area contributed by atoms with Crippen molar-refractivity contribution in [2.24, 2.45) is 11.8 Å². The van der Waals surface area contributed by atoms with Crippen molar-refractivity contribution in [3.63, 3.8) is 0 Å². The van der Waals surface area contributed by atoms with E-state index < -0.39 is 6.10 Å². The summed E-state index contributed by atoms with van der Waals surface area (Å²) in [6.45, 7) is 6.23. The number of allylic oxidation sites excluding steroid dienone is 3. The normalized spacial score (nSPS) is 19.4. The predicted molar refractivity (Wildman–Crippen MR) is 95.7 cm³/mol. The molecule has 2 atom stereocenters. The van der Waals surface area contributed by atoms with Crippen molar-refractivity contribution >= 4 is 11.8 Å². The Labute approximate surface area is 144 Å². The lowest BCUT2D eigenvalue weighted by Crippen LogP contribution is -2.32. The standard InChI is InChI=1S/C21H26O3/c1-15(2)8-7-11-20(18-13-12-16(3)14-19(18)22)24-21(23)17-9-5-4-6-10-17/h4-7,9-11,14-15,18,20H,8,12-13H2,1-3H3/b11-7+. The van der Waals surface area contributed by atoms with Crippen molar-refractivity contribution in [2.45, 2.75) is 46.1 Å². The summed E-state index contributed by atoms with van der Waals surface area (Å²) in [6.07, 6.45) is 7.58. The third-order valence-corrected chi connectivity index (χ3v) is 4.19. The molecule has 1 aromatic carbocycles. The molecule has 128 valence electrons. The van der Waals surface area contributed by atoms with Gasteiger partial charge in [0.15, 0.2) is 5.78 Å². The van der Waals surface area contributed by atoms with Crippen LogP contribution in [-0.2, 0) is 9.53 Å². The molecular formula is C21H26O3. The van der Waals surface area contributed by atoms with Crippen LogP contribution in [-0.4, -0.2) is 17.9 Å². The van der Waals surface area contributed by atoms with Gasteiger partial charge in [-0.1, -0.05) is 43.7 Å². The van der Waals surface area contributed by atoms with Crippen LogP contribution in [0.2, 0.25) is 0 Å². The molecule has 1 aliphatic rings. The summed E-state index contributed by atoms with van der Waals surface area (Å²) in [5.74, 6) is -0.0895. The fourth-order valence-electron chi connectivity index (χ4n) is 2.78. The Morgan fingerprint density at radius 1 is 1.29 bits per heavy atom. The smallest absolute Gasteiger partial charge is 0.338 e. The van der Waals surface area contributed by atoms with Crippen LogP contribution >= 0.6 is 0 Å². The number of hydrogen-bond acceptors (Lipinski definition) is 3. The van der Waals surface area contributed by atoms with Crippen molar-refractivity contribution in [1.29, 1.82) is 0 Å². The van der Waals surface area contributed by atoms with Gasteiger partial charge in [-0.2, -0.15) is 0 Å². The third kappa shape index (κ3) is 5.19. The van der Waals surface area contributed by atoms with Crippen LogP contribution in [0, 0.1) is 11.8 Å².